The van der Waals surface area contributed by atoms with E-state index < -0.39 is 0 Å². The van der Waals surface area contributed by atoms with Crippen LogP contribution < -0.4 is 5.73 Å². The van der Waals surface area contributed by atoms with E-state index in [2.05, 4.69) is 13.2 Å². The summed E-state index contributed by atoms with van der Waals surface area (Å²) in [5, 5.41) is 0. The molecule has 0 aromatic heterocycles. The van der Waals surface area contributed by atoms with E-state index in [1.54, 1.807) is 6.08 Å². The van der Waals surface area contributed by atoms with Crippen molar-refractivity contribution in [2.45, 2.75) is 34.6 Å². The summed E-state index contributed by atoms with van der Waals surface area (Å²) < 4.78 is 0. The number of hydrogen-bond donors (Lipinski definition) is 1. The maximum absolute atomic E-state index is 5.22. The predicted octanol–water partition coefficient (Wildman–Crippen LogP) is 3.64. The fraction of sp³-hybridized carbons (Fsp3) is 0.455. The molecule has 0 aliphatic carbocycles. The second kappa shape index (κ2) is 16.5. The Hall–Kier alpha value is -0.980. The Bertz CT molecular complexity index is 116. The molecule has 1 nitrogen and oxygen atoms in total. The van der Waals surface area contributed by atoms with E-state index >= 15 is 0 Å². The van der Waals surface area contributed by atoms with E-state index in [4.69, 9.17) is 5.73 Å². The normalized spacial score (nSPS) is 7.42. The molecule has 0 radical (unpaired) electrons. The van der Waals surface area contributed by atoms with Crippen LogP contribution >= 0.6 is 0 Å². The van der Waals surface area contributed by atoms with Gasteiger partial charge in [-0.25, -0.2) is 0 Å². The van der Waals surface area contributed by atoms with E-state index in [1.807, 2.05) is 40.7 Å². The van der Waals surface area contributed by atoms with Crippen LogP contribution in [-0.2, 0) is 0 Å². The second-order valence-corrected chi connectivity index (χ2v) is 1.75. The molecule has 0 atom stereocenters. The van der Waals surface area contributed by atoms with Gasteiger partial charge in [0, 0.05) is 5.70 Å². The summed E-state index contributed by atoms with van der Waals surface area (Å²) in [4.78, 5) is 0. The highest BCUT2D eigenvalue weighted by molar-refractivity contribution is 5.20. The van der Waals surface area contributed by atoms with Gasteiger partial charge in [-0.05, 0) is 13.0 Å². The highest BCUT2D eigenvalue weighted by atomic mass is 14.5. The van der Waals surface area contributed by atoms with Crippen LogP contribution in [-0.4, -0.2) is 0 Å². The molecule has 0 aromatic rings. The molecule has 72 valence electrons. The Labute approximate surface area is 77.7 Å². The van der Waals surface area contributed by atoms with E-state index in [-0.39, 0.29) is 0 Å². The molecule has 0 bridgehead atoms. The second-order valence-electron chi connectivity index (χ2n) is 1.75. The lowest BCUT2D eigenvalue weighted by atomic mass is 10.3. The van der Waals surface area contributed by atoms with E-state index in [0.717, 1.165) is 5.57 Å². The smallest absolute Gasteiger partial charge is 0.0241 e. The molecule has 0 saturated carbocycles. The van der Waals surface area contributed by atoms with Crippen molar-refractivity contribution in [1.29, 1.82) is 0 Å². The number of nitrogens with two attached hydrogens (primary N) is 1. The van der Waals surface area contributed by atoms with Crippen molar-refractivity contribution in [3.8, 4) is 0 Å². The van der Waals surface area contributed by atoms with E-state index in [0.29, 0.717) is 5.70 Å². The van der Waals surface area contributed by atoms with Gasteiger partial charge in [-0.15, -0.1) is 0 Å². The zero-order valence-corrected chi connectivity index (χ0v) is 9.15. The molecule has 0 aliphatic rings. The van der Waals surface area contributed by atoms with Crippen LogP contribution in [0.2, 0.25) is 0 Å². The van der Waals surface area contributed by atoms with Gasteiger partial charge < -0.3 is 5.73 Å². The molecule has 0 spiro atoms. The summed E-state index contributed by atoms with van der Waals surface area (Å²) in [6.07, 6.45) is 3.55. The summed E-state index contributed by atoms with van der Waals surface area (Å²) in [5.41, 5.74) is 6.76. The Morgan fingerprint density at radius 2 is 1.33 bits per heavy atom. The Morgan fingerprint density at radius 3 is 1.42 bits per heavy atom. The van der Waals surface area contributed by atoms with Crippen LogP contribution in [0.5, 0.6) is 0 Å². The molecule has 0 aliphatic heterocycles. The maximum atomic E-state index is 5.22. The standard InChI is InChI=1S/C7H11N.2C2H6/c1-6(2)4-5-7(3)8;2*1-2/h4-5H,1,3,8H2,2H3;2*1-2H3/b5-4-;;. The van der Waals surface area contributed by atoms with Gasteiger partial charge in [-0.2, -0.15) is 0 Å². The lowest BCUT2D eigenvalue weighted by Gasteiger charge is -1.84. The van der Waals surface area contributed by atoms with E-state index in [1.165, 1.54) is 0 Å². The van der Waals surface area contributed by atoms with Crippen molar-refractivity contribution in [2.75, 3.05) is 0 Å². The molecule has 0 amide bonds. The first-order valence-corrected chi connectivity index (χ1v) is 4.41. The molecule has 1 heteroatoms. The summed E-state index contributed by atoms with van der Waals surface area (Å²) in [6, 6.07) is 0. The molecule has 0 heterocycles. The molecule has 0 aromatic carbocycles. The van der Waals surface area contributed by atoms with Crippen LogP contribution in [0.3, 0.4) is 0 Å². The molecule has 0 unspecified atom stereocenters. The van der Waals surface area contributed by atoms with Gasteiger partial charge in [0.2, 0.25) is 0 Å². The molecule has 2 N–H and O–H groups in total. The van der Waals surface area contributed by atoms with Crippen molar-refractivity contribution in [3.05, 3.63) is 36.6 Å². The average molecular weight is 169 g/mol. The minimum Gasteiger partial charge on any atom is -0.399 e. The van der Waals surface area contributed by atoms with Crippen molar-refractivity contribution >= 4 is 0 Å². The number of hydrogen-bond acceptors (Lipinski definition) is 1. The van der Waals surface area contributed by atoms with Gasteiger partial charge in [0.1, 0.15) is 0 Å². The molecule has 0 rings (SSSR count). The van der Waals surface area contributed by atoms with Crippen molar-refractivity contribution in [1.82, 2.24) is 0 Å². The Morgan fingerprint density at radius 1 is 1.00 bits per heavy atom. The van der Waals surface area contributed by atoms with Crippen molar-refractivity contribution in [2.24, 2.45) is 5.73 Å². The third-order valence-electron chi connectivity index (χ3n) is 0.582. The predicted molar refractivity (Wildman–Crippen MR) is 60.0 cm³/mol. The van der Waals surface area contributed by atoms with Crippen LogP contribution in [0.4, 0.5) is 0 Å². The van der Waals surface area contributed by atoms with Crippen molar-refractivity contribution < 1.29 is 0 Å². The lowest BCUT2D eigenvalue weighted by molar-refractivity contribution is 1.43. The number of allylic oxidation sites excluding steroid dienone is 3. The van der Waals surface area contributed by atoms with Gasteiger partial charge in [-0.1, -0.05) is 52.5 Å². The lowest BCUT2D eigenvalue weighted by Crippen LogP contribution is -1.87. The minimum absolute atomic E-state index is 0.563. The molecular weight excluding hydrogens is 146 g/mol. The van der Waals surface area contributed by atoms with Crippen LogP contribution in [0, 0.1) is 0 Å². The average Bonchev–Trinajstić information content (AvgIpc) is 2.08. The van der Waals surface area contributed by atoms with E-state index in [9.17, 15) is 0 Å². The summed E-state index contributed by atoms with van der Waals surface area (Å²) >= 11 is 0. The Balaban J connectivity index is -0.000000175. The monoisotopic (exact) mass is 169 g/mol. The van der Waals surface area contributed by atoms with Gasteiger partial charge in [0.25, 0.3) is 0 Å². The number of rotatable bonds is 2. The highest BCUT2D eigenvalue weighted by Gasteiger charge is 1.72. The first-order chi connectivity index (χ1) is 5.63. The van der Waals surface area contributed by atoms with Gasteiger partial charge in [0.15, 0.2) is 0 Å². The quantitative estimate of drug-likeness (QED) is 0.627. The van der Waals surface area contributed by atoms with Crippen LogP contribution in [0.1, 0.15) is 34.6 Å². The molecule has 12 heavy (non-hydrogen) atoms. The fourth-order valence-corrected chi connectivity index (χ4v) is 0.249. The third-order valence-corrected chi connectivity index (χ3v) is 0.582. The van der Waals surface area contributed by atoms with Gasteiger partial charge in [-0.3, -0.25) is 0 Å². The van der Waals surface area contributed by atoms with Crippen LogP contribution in [0.15, 0.2) is 36.6 Å². The zero-order valence-electron chi connectivity index (χ0n) is 9.15. The van der Waals surface area contributed by atoms with Crippen LogP contribution in [0.25, 0.3) is 0 Å². The fourth-order valence-electron chi connectivity index (χ4n) is 0.249. The summed E-state index contributed by atoms with van der Waals surface area (Å²) in [6.45, 7) is 17.0. The maximum Gasteiger partial charge on any atom is 0.0241 e. The zero-order chi connectivity index (χ0) is 10.6. The largest absolute Gasteiger partial charge is 0.399 e. The van der Waals surface area contributed by atoms with Gasteiger partial charge >= 0.3 is 0 Å². The third kappa shape index (κ3) is 35.9. The first kappa shape index (κ1) is 17.2. The molecule has 0 fully saturated rings. The SMILES string of the molecule is C=C(C)/C=C\C(=C)N.CC.CC. The summed E-state index contributed by atoms with van der Waals surface area (Å²) in [7, 11) is 0. The van der Waals surface area contributed by atoms with Gasteiger partial charge in [0.05, 0.1) is 0 Å². The Kier molecular flexibility index (Phi) is 23.7. The minimum atomic E-state index is 0.563. The topological polar surface area (TPSA) is 26.0 Å². The highest BCUT2D eigenvalue weighted by Crippen LogP contribution is 1.90. The van der Waals surface area contributed by atoms with Crippen molar-refractivity contribution in [3.63, 3.8) is 0 Å². The first-order valence-electron chi connectivity index (χ1n) is 4.41. The molecular formula is C11H23N. The molecule has 0 saturated heterocycles. The summed E-state index contributed by atoms with van der Waals surface area (Å²) in [5.74, 6) is 0.